The third-order valence-electron chi connectivity index (χ3n) is 3.70. The summed E-state index contributed by atoms with van der Waals surface area (Å²) in [6.07, 6.45) is 2.49. The molecule has 6 heteroatoms. The fourth-order valence-electron chi connectivity index (χ4n) is 2.21. The van der Waals surface area contributed by atoms with Crippen LogP contribution in [-0.4, -0.2) is 29.0 Å². The Labute approximate surface area is 148 Å². The van der Waals surface area contributed by atoms with Gasteiger partial charge in [0.25, 0.3) is 0 Å². The first-order valence-electron chi connectivity index (χ1n) is 8.21. The molecule has 0 bridgehead atoms. The number of aromatic nitrogens is 1. The van der Waals surface area contributed by atoms with E-state index < -0.39 is 11.6 Å². The van der Waals surface area contributed by atoms with Gasteiger partial charge in [-0.3, -0.25) is 9.78 Å². The summed E-state index contributed by atoms with van der Waals surface area (Å²) in [5.74, 6) is -0.240. The SMILES string of the molecule is Cc1ccc(CCNC(=O)C(C)(C)NC(=O)Nc2ccccc2)cn1. The molecule has 25 heavy (non-hydrogen) atoms. The lowest BCUT2D eigenvalue weighted by Gasteiger charge is -2.25. The van der Waals surface area contributed by atoms with Gasteiger partial charge in [-0.25, -0.2) is 4.79 Å². The lowest BCUT2D eigenvalue weighted by molar-refractivity contribution is -0.125. The maximum Gasteiger partial charge on any atom is 0.320 e. The summed E-state index contributed by atoms with van der Waals surface area (Å²) in [6.45, 7) is 5.75. The van der Waals surface area contributed by atoms with Crippen LogP contribution in [0.3, 0.4) is 0 Å². The van der Waals surface area contributed by atoms with E-state index in [1.54, 1.807) is 32.2 Å². The molecule has 1 heterocycles. The number of carbonyl (C=O) groups is 2. The van der Waals surface area contributed by atoms with Gasteiger partial charge in [0.05, 0.1) is 0 Å². The molecule has 0 unspecified atom stereocenters. The highest BCUT2D eigenvalue weighted by Gasteiger charge is 2.29. The lowest BCUT2D eigenvalue weighted by atomic mass is 10.0. The second-order valence-corrected chi connectivity index (χ2v) is 6.38. The first kappa shape index (κ1) is 18.4. The van der Waals surface area contributed by atoms with Crippen LogP contribution in [0, 0.1) is 6.92 Å². The van der Waals surface area contributed by atoms with E-state index in [0.717, 1.165) is 11.3 Å². The van der Waals surface area contributed by atoms with Crippen molar-refractivity contribution in [1.82, 2.24) is 15.6 Å². The van der Waals surface area contributed by atoms with Crippen LogP contribution >= 0.6 is 0 Å². The number of urea groups is 1. The molecule has 2 aromatic rings. The van der Waals surface area contributed by atoms with Gasteiger partial charge >= 0.3 is 6.03 Å². The number of anilines is 1. The highest BCUT2D eigenvalue weighted by molar-refractivity contribution is 5.95. The minimum atomic E-state index is -1.02. The molecule has 0 spiro atoms. The highest BCUT2D eigenvalue weighted by atomic mass is 16.2. The van der Waals surface area contributed by atoms with Crippen molar-refractivity contribution < 1.29 is 9.59 Å². The average molecular weight is 340 g/mol. The molecule has 6 nitrogen and oxygen atoms in total. The molecule has 1 aromatic carbocycles. The van der Waals surface area contributed by atoms with Gasteiger partial charge in [-0.2, -0.15) is 0 Å². The third kappa shape index (κ3) is 5.91. The van der Waals surface area contributed by atoms with Crippen LogP contribution in [0.15, 0.2) is 48.7 Å². The molecule has 0 atom stereocenters. The second-order valence-electron chi connectivity index (χ2n) is 6.38. The molecule has 132 valence electrons. The van der Waals surface area contributed by atoms with Crippen molar-refractivity contribution in [3.63, 3.8) is 0 Å². The number of benzene rings is 1. The fourth-order valence-corrected chi connectivity index (χ4v) is 2.21. The Kier molecular flexibility index (Phi) is 6.11. The fraction of sp³-hybridized carbons (Fsp3) is 0.316. The molecule has 0 fully saturated rings. The van der Waals surface area contributed by atoms with Crippen molar-refractivity contribution in [1.29, 1.82) is 0 Å². The highest BCUT2D eigenvalue weighted by Crippen LogP contribution is 2.07. The Hall–Kier alpha value is -2.89. The first-order valence-corrected chi connectivity index (χ1v) is 8.21. The molecular weight excluding hydrogens is 316 g/mol. The quantitative estimate of drug-likeness (QED) is 0.756. The second kappa shape index (κ2) is 8.28. The standard InChI is InChI=1S/C19H24N4O2/c1-14-9-10-15(13-21-14)11-12-20-17(24)19(2,3)23-18(25)22-16-7-5-4-6-8-16/h4-10,13H,11-12H2,1-3H3,(H,20,24)(H2,22,23,25). The Morgan fingerprint density at radius 2 is 1.80 bits per heavy atom. The van der Waals surface area contributed by atoms with Gasteiger partial charge in [0.1, 0.15) is 5.54 Å². The molecular formula is C19H24N4O2. The number of pyridine rings is 1. The smallest absolute Gasteiger partial charge is 0.320 e. The van der Waals surface area contributed by atoms with Crippen molar-refractivity contribution >= 4 is 17.6 Å². The minimum absolute atomic E-state index is 0.240. The number of para-hydroxylation sites is 1. The van der Waals surface area contributed by atoms with Crippen LogP contribution in [0.25, 0.3) is 0 Å². The largest absolute Gasteiger partial charge is 0.354 e. The number of aryl methyl sites for hydroxylation is 1. The molecule has 1 aromatic heterocycles. The van der Waals surface area contributed by atoms with Gasteiger partial charge in [0.2, 0.25) is 5.91 Å². The van der Waals surface area contributed by atoms with Gasteiger partial charge in [0, 0.05) is 24.1 Å². The maximum absolute atomic E-state index is 12.3. The number of nitrogens with zero attached hydrogens (tertiary/aromatic N) is 1. The number of amides is 3. The van der Waals surface area contributed by atoms with E-state index >= 15 is 0 Å². The van der Waals surface area contributed by atoms with Gasteiger partial charge in [-0.15, -0.1) is 0 Å². The van der Waals surface area contributed by atoms with E-state index in [1.165, 1.54) is 0 Å². The molecule has 0 aliphatic carbocycles. The van der Waals surface area contributed by atoms with Gasteiger partial charge in [-0.1, -0.05) is 24.3 Å². The van der Waals surface area contributed by atoms with Crippen LogP contribution in [-0.2, 0) is 11.2 Å². The predicted molar refractivity (Wildman–Crippen MR) is 98.4 cm³/mol. The van der Waals surface area contributed by atoms with E-state index in [1.807, 2.05) is 37.3 Å². The molecule has 0 aliphatic heterocycles. The van der Waals surface area contributed by atoms with Crippen LogP contribution in [0.5, 0.6) is 0 Å². The van der Waals surface area contributed by atoms with E-state index in [4.69, 9.17) is 0 Å². The summed E-state index contributed by atoms with van der Waals surface area (Å²) < 4.78 is 0. The topological polar surface area (TPSA) is 83.1 Å². The summed E-state index contributed by atoms with van der Waals surface area (Å²) in [5, 5.41) is 8.23. The summed E-state index contributed by atoms with van der Waals surface area (Å²) in [5.41, 5.74) is 1.66. The van der Waals surface area contributed by atoms with Crippen LogP contribution in [0.1, 0.15) is 25.1 Å². The van der Waals surface area contributed by atoms with Crippen molar-refractivity contribution in [2.24, 2.45) is 0 Å². The zero-order valence-electron chi connectivity index (χ0n) is 14.8. The molecule has 2 rings (SSSR count). The first-order chi connectivity index (χ1) is 11.9. The minimum Gasteiger partial charge on any atom is -0.354 e. The Morgan fingerprint density at radius 1 is 1.08 bits per heavy atom. The summed E-state index contributed by atoms with van der Waals surface area (Å²) in [4.78, 5) is 28.6. The third-order valence-corrected chi connectivity index (χ3v) is 3.70. The van der Waals surface area contributed by atoms with Crippen molar-refractivity contribution in [2.45, 2.75) is 32.7 Å². The van der Waals surface area contributed by atoms with Crippen LogP contribution in [0.4, 0.5) is 10.5 Å². The van der Waals surface area contributed by atoms with Gasteiger partial charge in [-0.05, 0) is 51.0 Å². The molecule has 0 saturated carbocycles. The Morgan fingerprint density at radius 3 is 2.44 bits per heavy atom. The number of nitrogens with one attached hydrogen (secondary N) is 3. The normalized spacial score (nSPS) is 10.8. The van der Waals surface area contributed by atoms with E-state index in [-0.39, 0.29) is 5.91 Å². The summed E-state index contributed by atoms with van der Waals surface area (Å²) >= 11 is 0. The van der Waals surface area contributed by atoms with Crippen molar-refractivity contribution in [3.05, 3.63) is 59.9 Å². The maximum atomic E-state index is 12.3. The Balaban J connectivity index is 1.80. The van der Waals surface area contributed by atoms with E-state index in [2.05, 4.69) is 20.9 Å². The molecule has 3 N–H and O–H groups in total. The van der Waals surface area contributed by atoms with Crippen molar-refractivity contribution in [2.75, 3.05) is 11.9 Å². The number of carbonyl (C=O) groups excluding carboxylic acids is 2. The summed E-state index contributed by atoms with van der Waals surface area (Å²) in [7, 11) is 0. The molecule has 0 radical (unpaired) electrons. The summed E-state index contributed by atoms with van der Waals surface area (Å²) in [6, 6.07) is 12.6. The van der Waals surface area contributed by atoms with Gasteiger partial charge < -0.3 is 16.0 Å². The zero-order chi connectivity index (χ0) is 18.3. The van der Waals surface area contributed by atoms with Gasteiger partial charge in [0.15, 0.2) is 0 Å². The molecule has 0 aliphatic rings. The number of rotatable bonds is 6. The average Bonchev–Trinajstić information content (AvgIpc) is 2.57. The van der Waals surface area contributed by atoms with E-state index in [9.17, 15) is 9.59 Å². The predicted octanol–water partition coefficient (Wildman–Crippen LogP) is 2.65. The number of hydrogen-bond acceptors (Lipinski definition) is 3. The lowest BCUT2D eigenvalue weighted by Crippen LogP contribution is -2.56. The van der Waals surface area contributed by atoms with Crippen LogP contribution < -0.4 is 16.0 Å². The van der Waals surface area contributed by atoms with Crippen LogP contribution in [0.2, 0.25) is 0 Å². The van der Waals surface area contributed by atoms with Crippen molar-refractivity contribution in [3.8, 4) is 0 Å². The number of hydrogen-bond donors (Lipinski definition) is 3. The monoisotopic (exact) mass is 340 g/mol. The van der Waals surface area contributed by atoms with E-state index in [0.29, 0.717) is 18.7 Å². The molecule has 3 amide bonds. The zero-order valence-corrected chi connectivity index (χ0v) is 14.8. The Bertz CT molecular complexity index is 712. The molecule has 0 saturated heterocycles.